The predicted octanol–water partition coefficient (Wildman–Crippen LogP) is 1.54. The second kappa shape index (κ2) is 12.7. The maximum absolute atomic E-state index is 9.81. The first-order chi connectivity index (χ1) is 5.68. The van der Waals surface area contributed by atoms with Gasteiger partial charge >= 0.3 is 0 Å². The van der Waals surface area contributed by atoms with Gasteiger partial charge in [-0.25, -0.2) is 0 Å². The minimum absolute atomic E-state index is 0.255. The maximum atomic E-state index is 9.81. The van der Waals surface area contributed by atoms with Crippen molar-refractivity contribution in [3.8, 4) is 0 Å². The molecule has 0 aliphatic carbocycles. The molecule has 0 aromatic rings. The molecule has 3 heteroatoms. The molecule has 0 rings (SSSR count). The van der Waals surface area contributed by atoms with Crippen molar-refractivity contribution in [1.82, 2.24) is 0 Å². The zero-order chi connectivity index (χ0) is 9.82. The summed E-state index contributed by atoms with van der Waals surface area (Å²) in [5, 5.41) is 0. The van der Waals surface area contributed by atoms with Crippen molar-refractivity contribution >= 4 is 18.4 Å². The van der Waals surface area contributed by atoms with Crippen molar-refractivity contribution in [1.29, 1.82) is 0 Å². The average molecular weight is 172 g/mol. The van der Waals surface area contributed by atoms with Gasteiger partial charge in [-0.15, -0.1) is 0 Å². The third-order valence-electron chi connectivity index (χ3n) is 1.14. The molecule has 0 aliphatic heterocycles. The summed E-state index contributed by atoms with van der Waals surface area (Å²) in [7, 11) is 0. The first-order valence-electron chi connectivity index (χ1n) is 4.05. The van der Waals surface area contributed by atoms with Crippen molar-refractivity contribution < 1.29 is 14.4 Å². The fourth-order valence-electron chi connectivity index (χ4n) is 0.285. The smallest absolute Gasteiger partial charge is 0.129 e. The van der Waals surface area contributed by atoms with Gasteiger partial charge in [-0.3, -0.25) is 0 Å². The van der Waals surface area contributed by atoms with Crippen LogP contribution in [0.1, 0.15) is 39.5 Å². The molecule has 0 fully saturated rings. The number of unbranched alkanes of at least 4 members (excludes halogenated alkanes) is 2. The van der Waals surface area contributed by atoms with E-state index in [0.717, 1.165) is 12.6 Å². The molecule has 0 saturated heterocycles. The van der Waals surface area contributed by atoms with E-state index in [9.17, 15) is 14.4 Å². The van der Waals surface area contributed by atoms with Crippen LogP contribution in [0, 0.1) is 0 Å². The highest BCUT2D eigenvalue weighted by atomic mass is 16.1. The Morgan fingerprint density at radius 3 is 1.67 bits per heavy atom. The molecule has 0 spiro atoms. The lowest BCUT2D eigenvalue weighted by molar-refractivity contribution is -0.116. The fraction of sp³-hybridized carbons (Fsp3) is 0.667. The summed E-state index contributed by atoms with van der Waals surface area (Å²) in [4.78, 5) is 28.9. The number of carbonyl (C=O) groups is 3. The van der Waals surface area contributed by atoms with Crippen LogP contribution >= 0.6 is 0 Å². The molecule has 0 saturated carbocycles. The first-order valence-corrected chi connectivity index (χ1v) is 4.05. The summed E-state index contributed by atoms with van der Waals surface area (Å²) in [5.41, 5.74) is 0. The molecule has 70 valence electrons. The Labute approximate surface area is 73.1 Å². The van der Waals surface area contributed by atoms with E-state index < -0.39 is 0 Å². The maximum Gasteiger partial charge on any atom is 0.129 e. The number of ketones is 1. The number of aldehydes is 2. The minimum atomic E-state index is 0.255. The van der Waals surface area contributed by atoms with E-state index in [1.807, 2.05) is 6.92 Å². The van der Waals surface area contributed by atoms with Gasteiger partial charge < -0.3 is 14.4 Å². The van der Waals surface area contributed by atoms with E-state index in [1.54, 1.807) is 6.92 Å². The molecule has 0 N–H and O–H groups in total. The number of hydrogen-bond donors (Lipinski definition) is 0. The number of rotatable bonds is 5. The molecular formula is C9H16O3. The lowest BCUT2D eigenvalue weighted by atomic mass is 10.3. The molecule has 0 heterocycles. The molecule has 12 heavy (non-hydrogen) atoms. The van der Waals surface area contributed by atoms with Crippen LogP contribution in [-0.2, 0) is 14.4 Å². The highest BCUT2D eigenvalue weighted by molar-refractivity contribution is 5.74. The Balaban J connectivity index is 0. The number of carbonyl (C=O) groups excluding carboxylic acids is 3. The van der Waals surface area contributed by atoms with Crippen molar-refractivity contribution in [3.05, 3.63) is 0 Å². The van der Waals surface area contributed by atoms with E-state index in [1.165, 1.54) is 0 Å². The molecule has 0 aromatic heterocycles. The molecule has 3 nitrogen and oxygen atoms in total. The van der Waals surface area contributed by atoms with Crippen LogP contribution in [0.25, 0.3) is 0 Å². The van der Waals surface area contributed by atoms with Gasteiger partial charge in [0.15, 0.2) is 0 Å². The van der Waals surface area contributed by atoms with Gasteiger partial charge in [0.05, 0.1) is 0 Å². The van der Waals surface area contributed by atoms with E-state index in [-0.39, 0.29) is 5.78 Å². The third kappa shape index (κ3) is 23.0. The summed E-state index contributed by atoms with van der Waals surface area (Å²) in [6.45, 7) is 3.43. The standard InChI is InChI=1S/C5H8O2.C4H8O/c6-4-2-1-3-5-7;1-3-4(2)5/h4-5H,1-3H2;3H2,1-2H3. The van der Waals surface area contributed by atoms with Gasteiger partial charge in [-0.1, -0.05) is 6.92 Å². The molecule has 0 aromatic carbocycles. The Bertz CT molecular complexity index is 122. The molecule has 0 amide bonds. The van der Waals surface area contributed by atoms with Gasteiger partial charge in [0, 0.05) is 19.3 Å². The molecule has 0 aliphatic rings. The van der Waals surface area contributed by atoms with Gasteiger partial charge in [0.25, 0.3) is 0 Å². The molecular weight excluding hydrogens is 156 g/mol. The lowest BCUT2D eigenvalue weighted by Crippen LogP contribution is -1.80. The van der Waals surface area contributed by atoms with Crippen molar-refractivity contribution in [2.24, 2.45) is 0 Å². The van der Waals surface area contributed by atoms with E-state index in [4.69, 9.17) is 0 Å². The zero-order valence-electron chi connectivity index (χ0n) is 7.71. The number of hydrogen-bond acceptors (Lipinski definition) is 3. The number of Topliss-reactive ketones (excluding diaryl/α,β-unsaturated/α-hetero) is 1. The van der Waals surface area contributed by atoms with Crippen molar-refractivity contribution in [2.45, 2.75) is 39.5 Å². The van der Waals surface area contributed by atoms with Crippen molar-refractivity contribution in [3.63, 3.8) is 0 Å². The molecule has 0 unspecified atom stereocenters. The third-order valence-corrected chi connectivity index (χ3v) is 1.14. The fourth-order valence-corrected chi connectivity index (χ4v) is 0.285. The normalized spacial score (nSPS) is 7.83. The van der Waals surface area contributed by atoms with E-state index in [0.29, 0.717) is 25.7 Å². The summed E-state index contributed by atoms with van der Waals surface area (Å²) < 4.78 is 0. The van der Waals surface area contributed by atoms with Crippen LogP contribution in [0.3, 0.4) is 0 Å². The highest BCUT2D eigenvalue weighted by Gasteiger charge is 1.80. The topological polar surface area (TPSA) is 51.2 Å². The predicted molar refractivity (Wildman–Crippen MR) is 47.0 cm³/mol. The Kier molecular flexibility index (Phi) is 14.3. The van der Waals surface area contributed by atoms with Crippen LogP contribution in [0.15, 0.2) is 0 Å². The van der Waals surface area contributed by atoms with E-state index >= 15 is 0 Å². The summed E-state index contributed by atoms with van der Waals surface area (Å²) in [5.74, 6) is 0.255. The van der Waals surface area contributed by atoms with Crippen LogP contribution in [-0.4, -0.2) is 18.4 Å². The quantitative estimate of drug-likeness (QED) is 0.467. The molecule has 0 radical (unpaired) electrons. The highest BCUT2D eigenvalue weighted by Crippen LogP contribution is 1.85. The monoisotopic (exact) mass is 172 g/mol. The largest absolute Gasteiger partial charge is 0.303 e. The Morgan fingerprint density at radius 1 is 1.17 bits per heavy atom. The average Bonchev–Trinajstić information content (AvgIpc) is 2.07. The minimum Gasteiger partial charge on any atom is -0.303 e. The van der Waals surface area contributed by atoms with Crippen LogP contribution in [0.4, 0.5) is 0 Å². The SMILES string of the molecule is CCC(C)=O.O=CCCCC=O. The second-order valence-electron chi connectivity index (χ2n) is 2.32. The van der Waals surface area contributed by atoms with Crippen molar-refractivity contribution in [2.75, 3.05) is 0 Å². The van der Waals surface area contributed by atoms with Crippen LogP contribution in [0.2, 0.25) is 0 Å². The van der Waals surface area contributed by atoms with Gasteiger partial charge in [-0.2, -0.15) is 0 Å². The van der Waals surface area contributed by atoms with Gasteiger partial charge in [0.2, 0.25) is 0 Å². The second-order valence-corrected chi connectivity index (χ2v) is 2.32. The van der Waals surface area contributed by atoms with Crippen LogP contribution < -0.4 is 0 Å². The van der Waals surface area contributed by atoms with E-state index in [2.05, 4.69) is 0 Å². The summed E-state index contributed by atoms with van der Waals surface area (Å²) in [6.07, 6.45) is 4.04. The van der Waals surface area contributed by atoms with Crippen LogP contribution in [0.5, 0.6) is 0 Å². The summed E-state index contributed by atoms with van der Waals surface area (Å²) >= 11 is 0. The summed E-state index contributed by atoms with van der Waals surface area (Å²) in [6, 6.07) is 0. The Hall–Kier alpha value is -0.990. The molecule has 0 bridgehead atoms. The zero-order valence-corrected chi connectivity index (χ0v) is 7.71. The first kappa shape index (κ1) is 13.6. The molecule has 0 atom stereocenters. The van der Waals surface area contributed by atoms with Gasteiger partial charge in [0.1, 0.15) is 18.4 Å². The lowest BCUT2D eigenvalue weighted by Gasteiger charge is -1.78. The Morgan fingerprint density at radius 2 is 1.50 bits per heavy atom. The van der Waals surface area contributed by atoms with Gasteiger partial charge in [-0.05, 0) is 13.3 Å².